The highest BCUT2D eigenvalue weighted by atomic mass is 79.9. The second kappa shape index (κ2) is 9.34. The van der Waals surface area contributed by atoms with Crippen LogP contribution in [0.2, 0.25) is 5.02 Å². The van der Waals surface area contributed by atoms with E-state index in [0.717, 1.165) is 6.07 Å². The maximum Gasteiger partial charge on any atom is 0.417 e. The predicted molar refractivity (Wildman–Crippen MR) is 107 cm³/mol. The van der Waals surface area contributed by atoms with Gasteiger partial charge in [0, 0.05) is 16.8 Å². The number of nitrogens with one attached hydrogen (secondary N) is 2. The van der Waals surface area contributed by atoms with Crippen molar-refractivity contribution in [3.05, 3.63) is 39.0 Å². The Morgan fingerprint density at radius 3 is 2.83 bits per heavy atom. The highest BCUT2D eigenvalue weighted by Crippen LogP contribution is 2.39. The van der Waals surface area contributed by atoms with Crippen molar-refractivity contribution < 1.29 is 23.0 Å². The second-order valence-electron chi connectivity index (χ2n) is 6.52. The lowest BCUT2D eigenvalue weighted by Crippen LogP contribution is -2.38. The van der Waals surface area contributed by atoms with Crippen molar-refractivity contribution in [2.45, 2.75) is 25.2 Å². The molecule has 2 aromatic rings. The molecule has 160 valence electrons. The zero-order valence-corrected chi connectivity index (χ0v) is 17.6. The van der Waals surface area contributed by atoms with Gasteiger partial charge >= 0.3 is 6.18 Å². The number of benzene rings is 1. The summed E-state index contributed by atoms with van der Waals surface area (Å²) in [6.45, 7) is 0.187. The Kier molecular flexibility index (Phi) is 7.02. The first-order chi connectivity index (χ1) is 14.2. The van der Waals surface area contributed by atoms with E-state index in [9.17, 15) is 23.5 Å². The van der Waals surface area contributed by atoms with Gasteiger partial charge in [-0.15, -0.1) is 0 Å². The predicted octanol–water partition coefficient (Wildman–Crippen LogP) is 4.49. The number of aliphatic hydroxyl groups is 1. The molecule has 0 bridgehead atoms. The third-order valence-electron chi connectivity index (χ3n) is 4.47. The molecule has 12 heteroatoms. The van der Waals surface area contributed by atoms with Gasteiger partial charge in [0.25, 0.3) is 0 Å². The molecule has 3 rings (SSSR count). The van der Waals surface area contributed by atoms with Gasteiger partial charge in [-0.05, 0) is 40.0 Å². The van der Waals surface area contributed by atoms with Crippen molar-refractivity contribution >= 4 is 45.0 Å². The van der Waals surface area contributed by atoms with Crippen molar-refractivity contribution in [1.82, 2.24) is 9.97 Å². The van der Waals surface area contributed by atoms with Crippen LogP contribution in [0.25, 0.3) is 0 Å². The fraction of sp³-hybridized carbons (Fsp3) is 0.389. The third kappa shape index (κ3) is 5.13. The number of halogens is 5. The lowest BCUT2D eigenvalue weighted by molar-refractivity contribution is -0.138. The molecule has 1 aromatic heterocycles. The number of anilines is 3. The highest BCUT2D eigenvalue weighted by molar-refractivity contribution is 9.10. The molecule has 30 heavy (non-hydrogen) atoms. The molecule has 3 N–H and O–H groups in total. The number of hydrogen-bond acceptors (Lipinski definition) is 7. The summed E-state index contributed by atoms with van der Waals surface area (Å²) in [7, 11) is 0. The minimum atomic E-state index is -4.62. The number of rotatable bonds is 5. The average molecular weight is 507 g/mol. The van der Waals surface area contributed by atoms with Crippen molar-refractivity contribution in [2.75, 3.05) is 23.8 Å². The van der Waals surface area contributed by atoms with Crippen LogP contribution in [-0.4, -0.2) is 34.3 Å². The van der Waals surface area contributed by atoms with Gasteiger partial charge in [-0.2, -0.15) is 23.4 Å². The summed E-state index contributed by atoms with van der Waals surface area (Å²) >= 11 is 9.02. The van der Waals surface area contributed by atoms with Gasteiger partial charge in [0.1, 0.15) is 5.02 Å². The minimum absolute atomic E-state index is 0.00790. The van der Waals surface area contributed by atoms with Gasteiger partial charge in [0.15, 0.2) is 5.82 Å². The van der Waals surface area contributed by atoms with Gasteiger partial charge in [0.2, 0.25) is 5.95 Å². The summed E-state index contributed by atoms with van der Waals surface area (Å²) in [5, 5.41) is 24.6. The average Bonchev–Trinajstić information content (AvgIpc) is 2.71. The van der Waals surface area contributed by atoms with E-state index in [1.165, 1.54) is 12.3 Å². The Morgan fingerprint density at radius 2 is 2.17 bits per heavy atom. The first-order valence-electron chi connectivity index (χ1n) is 8.77. The first-order valence-corrected chi connectivity index (χ1v) is 9.94. The molecule has 2 unspecified atom stereocenters. The van der Waals surface area contributed by atoms with Crippen LogP contribution in [0.5, 0.6) is 0 Å². The molecule has 0 saturated carbocycles. The summed E-state index contributed by atoms with van der Waals surface area (Å²) in [6, 6.07) is 4.10. The fourth-order valence-corrected chi connectivity index (χ4v) is 3.67. The first kappa shape index (κ1) is 22.6. The van der Waals surface area contributed by atoms with E-state index < -0.39 is 18.3 Å². The van der Waals surface area contributed by atoms with E-state index in [2.05, 4.69) is 42.6 Å². The molecule has 1 fully saturated rings. The molecular formula is C18H16BrClF3N5O2. The van der Waals surface area contributed by atoms with Crippen LogP contribution >= 0.6 is 27.5 Å². The molecule has 0 aliphatic carbocycles. The van der Waals surface area contributed by atoms with E-state index in [1.54, 1.807) is 0 Å². The number of hydrogen-bond donors (Lipinski definition) is 3. The molecule has 1 aliphatic rings. The smallest absolute Gasteiger partial charge is 0.392 e. The molecule has 2 atom stereocenters. The SMILES string of the molecule is N#CC1CCOCC1Nc1nc(Nc2cc(CO)c(Br)c(C(F)(F)F)c2)ncc1Cl. The van der Waals surface area contributed by atoms with Gasteiger partial charge in [-0.25, -0.2) is 4.98 Å². The maximum atomic E-state index is 13.3. The molecule has 0 radical (unpaired) electrons. The second-order valence-corrected chi connectivity index (χ2v) is 7.72. The Labute approximate surface area is 183 Å². The van der Waals surface area contributed by atoms with E-state index >= 15 is 0 Å². The Balaban J connectivity index is 1.88. The summed E-state index contributed by atoms with van der Waals surface area (Å²) in [4.78, 5) is 8.20. The lowest BCUT2D eigenvalue weighted by Gasteiger charge is -2.28. The van der Waals surface area contributed by atoms with Crippen molar-refractivity contribution in [3.8, 4) is 6.07 Å². The highest BCUT2D eigenvalue weighted by Gasteiger charge is 2.34. The van der Waals surface area contributed by atoms with Crippen molar-refractivity contribution in [2.24, 2.45) is 5.92 Å². The molecule has 1 aliphatic heterocycles. The molecule has 1 saturated heterocycles. The van der Waals surface area contributed by atoms with Gasteiger partial charge in [-0.1, -0.05) is 11.6 Å². The van der Waals surface area contributed by atoms with Crippen molar-refractivity contribution in [1.29, 1.82) is 5.26 Å². The van der Waals surface area contributed by atoms with E-state index in [1.807, 2.05) is 0 Å². The van der Waals surface area contributed by atoms with E-state index in [-0.39, 0.29) is 44.5 Å². The van der Waals surface area contributed by atoms with Gasteiger partial charge in [-0.3, -0.25) is 0 Å². The molecular weight excluding hydrogens is 491 g/mol. The number of ether oxygens (including phenoxy) is 1. The van der Waals surface area contributed by atoms with E-state index in [4.69, 9.17) is 16.3 Å². The standard InChI is InChI=1S/C18H16BrClF3N5O2/c19-15-10(7-29)3-11(4-12(15)18(21,22)23)26-17-25-6-13(20)16(28-17)27-14-8-30-2-1-9(14)5-24/h3-4,6,9,14,29H,1-2,7-8H2,(H2,25,26,27,28). The molecule has 1 aromatic carbocycles. The summed E-state index contributed by atoms with van der Waals surface area (Å²) in [5.41, 5.74) is -0.852. The number of alkyl halides is 3. The Bertz CT molecular complexity index is 970. The number of aliphatic hydroxyl groups excluding tert-OH is 1. The molecule has 2 heterocycles. The monoisotopic (exact) mass is 505 g/mol. The van der Waals surface area contributed by atoms with Crippen LogP contribution in [0.4, 0.5) is 30.6 Å². The fourth-order valence-electron chi connectivity index (χ4n) is 2.95. The summed E-state index contributed by atoms with van der Waals surface area (Å²) in [5.74, 6) is -0.0824. The van der Waals surface area contributed by atoms with Crippen LogP contribution in [0, 0.1) is 17.2 Å². The lowest BCUT2D eigenvalue weighted by atomic mass is 9.96. The van der Waals surface area contributed by atoms with Gasteiger partial charge < -0.3 is 20.5 Å². The van der Waals surface area contributed by atoms with Crippen LogP contribution in [0.15, 0.2) is 22.8 Å². The largest absolute Gasteiger partial charge is 0.417 e. The summed E-state index contributed by atoms with van der Waals surface area (Å²) < 4.78 is 45.0. The number of nitriles is 1. The normalized spacial score (nSPS) is 19.2. The summed E-state index contributed by atoms with van der Waals surface area (Å²) in [6.07, 6.45) is -2.77. The zero-order valence-electron chi connectivity index (χ0n) is 15.3. The van der Waals surface area contributed by atoms with Gasteiger partial charge in [0.05, 0.1) is 43.0 Å². The molecule has 0 amide bonds. The van der Waals surface area contributed by atoms with Crippen LogP contribution < -0.4 is 10.6 Å². The topological polar surface area (TPSA) is 103 Å². The Morgan fingerprint density at radius 1 is 1.40 bits per heavy atom. The molecule has 7 nitrogen and oxygen atoms in total. The van der Waals surface area contributed by atoms with Crippen LogP contribution in [0.3, 0.4) is 0 Å². The quantitative estimate of drug-likeness (QED) is 0.549. The molecule has 0 spiro atoms. The number of nitrogens with zero attached hydrogens (tertiary/aromatic N) is 3. The van der Waals surface area contributed by atoms with Crippen molar-refractivity contribution in [3.63, 3.8) is 0 Å². The van der Waals surface area contributed by atoms with Crippen LogP contribution in [-0.2, 0) is 17.5 Å². The van der Waals surface area contributed by atoms with E-state index in [0.29, 0.717) is 19.6 Å². The maximum absolute atomic E-state index is 13.3. The van der Waals surface area contributed by atoms with Crippen LogP contribution in [0.1, 0.15) is 17.5 Å². The minimum Gasteiger partial charge on any atom is -0.392 e. The third-order valence-corrected chi connectivity index (χ3v) is 5.68. The number of aromatic nitrogens is 2. The zero-order chi connectivity index (χ0) is 21.9. The Hall–Kier alpha value is -2.13.